The number of nitrogens with two attached hydrogens (primary N) is 1. The van der Waals surface area contributed by atoms with Gasteiger partial charge >= 0.3 is 0 Å². The molecule has 0 aliphatic carbocycles. The predicted molar refractivity (Wildman–Crippen MR) is 144 cm³/mol. The van der Waals surface area contributed by atoms with Crippen molar-refractivity contribution in [2.24, 2.45) is 5.73 Å². The van der Waals surface area contributed by atoms with Crippen molar-refractivity contribution in [3.05, 3.63) is 77.9 Å². The van der Waals surface area contributed by atoms with E-state index in [1.165, 1.54) is 11.1 Å². The molecule has 0 bridgehead atoms. The molecule has 2 heterocycles. The maximum Gasteiger partial charge on any atom is 0.156 e. The van der Waals surface area contributed by atoms with Crippen molar-refractivity contribution < 1.29 is 9.47 Å². The first kappa shape index (κ1) is 24.0. The van der Waals surface area contributed by atoms with Gasteiger partial charge in [0.1, 0.15) is 17.2 Å². The minimum absolute atomic E-state index is 0.344. The van der Waals surface area contributed by atoms with Gasteiger partial charge in [-0.2, -0.15) is 0 Å². The Morgan fingerprint density at radius 1 is 0.833 bits per heavy atom. The Hall–Kier alpha value is -3.68. The van der Waals surface area contributed by atoms with Crippen LogP contribution in [-0.2, 0) is 13.1 Å². The zero-order valence-electron chi connectivity index (χ0n) is 20.9. The molecule has 3 aromatic carbocycles. The van der Waals surface area contributed by atoms with E-state index in [2.05, 4.69) is 50.7 Å². The summed E-state index contributed by atoms with van der Waals surface area (Å²) in [5.74, 6) is 2.42. The molecule has 1 fully saturated rings. The number of anilines is 1. The van der Waals surface area contributed by atoms with Crippen molar-refractivity contribution in [1.29, 1.82) is 0 Å². The predicted octanol–water partition coefficient (Wildman–Crippen LogP) is 4.85. The number of piperidine rings is 1. The zero-order chi connectivity index (χ0) is 24.9. The molecule has 36 heavy (non-hydrogen) atoms. The van der Waals surface area contributed by atoms with E-state index in [0.717, 1.165) is 71.8 Å². The number of likely N-dealkylation sites (tertiary alicyclic amines) is 1. The SMILES string of the molecule is COc1ccc(-c2nnc(NC3CCN(Cc4ccc(CN)cc4)CC3)c3cc(OC)ccc23)cc1. The van der Waals surface area contributed by atoms with Gasteiger partial charge in [-0.15, -0.1) is 10.2 Å². The number of aromatic nitrogens is 2. The highest BCUT2D eigenvalue weighted by Gasteiger charge is 2.21. The van der Waals surface area contributed by atoms with Gasteiger partial charge in [0.15, 0.2) is 5.82 Å². The van der Waals surface area contributed by atoms with Crippen molar-refractivity contribution in [1.82, 2.24) is 15.1 Å². The van der Waals surface area contributed by atoms with Gasteiger partial charge in [0.05, 0.1) is 14.2 Å². The van der Waals surface area contributed by atoms with Crippen LogP contribution in [0.4, 0.5) is 5.82 Å². The van der Waals surface area contributed by atoms with Crippen LogP contribution in [0.1, 0.15) is 24.0 Å². The number of fused-ring (bicyclic) bond motifs is 1. The number of nitrogens with zero attached hydrogens (tertiary/aromatic N) is 3. The number of hydrogen-bond acceptors (Lipinski definition) is 7. The molecule has 0 unspecified atom stereocenters. The molecule has 7 nitrogen and oxygen atoms in total. The fourth-order valence-electron chi connectivity index (χ4n) is 4.80. The third kappa shape index (κ3) is 5.27. The van der Waals surface area contributed by atoms with Crippen molar-refractivity contribution in [3.63, 3.8) is 0 Å². The van der Waals surface area contributed by atoms with Gasteiger partial charge in [0.2, 0.25) is 0 Å². The summed E-state index contributed by atoms with van der Waals surface area (Å²) in [5.41, 5.74) is 10.1. The highest BCUT2D eigenvalue weighted by molar-refractivity contribution is 6.00. The first-order valence-electron chi connectivity index (χ1n) is 12.4. The first-order chi connectivity index (χ1) is 17.7. The summed E-state index contributed by atoms with van der Waals surface area (Å²) in [4.78, 5) is 2.51. The van der Waals surface area contributed by atoms with Gasteiger partial charge in [0, 0.05) is 48.6 Å². The van der Waals surface area contributed by atoms with Gasteiger partial charge in [-0.05, 0) is 66.4 Å². The van der Waals surface area contributed by atoms with Gasteiger partial charge in [-0.1, -0.05) is 24.3 Å². The van der Waals surface area contributed by atoms with Crippen molar-refractivity contribution in [3.8, 4) is 22.8 Å². The van der Waals surface area contributed by atoms with E-state index in [0.29, 0.717) is 12.6 Å². The van der Waals surface area contributed by atoms with Gasteiger partial charge < -0.3 is 20.5 Å². The van der Waals surface area contributed by atoms with Gasteiger partial charge in [0.25, 0.3) is 0 Å². The second-order valence-corrected chi connectivity index (χ2v) is 9.25. The Morgan fingerprint density at radius 2 is 1.50 bits per heavy atom. The minimum atomic E-state index is 0.344. The summed E-state index contributed by atoms with van der Waals surface area (Å²) < 4.78 is 10.8. The Labute approximate surface area is 212 Å². The lowest BCUT2D eigenvalue weighted by Crippen LogP contribution is -2.38. The Bertz CT molecular complexity index is 1300. The van der Waals surface area contributed by atoms with Crippen molar-refractivity contribution in [2.45, 2.75) is 32.0 Å². The number of nitrogens with one attached hydrogen (secondary N) is 1. The number of benzene rings is 3. The van der Waals surface area contributed by atoms with Crippen LogP contribution in [0.25, 0.3) is 22.0 Å². The van der Waals surface area contributed by atoms with E-state index in [1.54, 1.807) is 14.2 Å². The summed E-state index contributed by atoms with van der Waals surface area (Å²) in [6, 6.07) is 22.9. The fraction of sp³-hybridized carbons (Fsp3) is 0.310. The third-order valence-corrected chi connectivity index (χ3v) is 6.94. The Morgan fingerprint density at radius 3 is 2.17 bits per heavy atom. The lowest BCUT2D eigenvalue weighted by Gasteiger charge is -2.32. The molecular formula is C29H33N5O2. The normalized spacial score (nSPS) is 14.6. The molecule has 0 saturated carbocycles. The quantitative estimate of drug-likeness (QED) is 0.371. The first-order valence-corrected chi connectivity index (χ1v) is 12.4. The number of ether oxygens (including phenoxy) is 2. The van der Waals surface area contributed by atoms with E-state index in [1.807, 2.05) is 36.4 Å². The van der Waals surface area contributed by atoms with Gasteiger partial charge in [-0.3, -0.25) is 4.90 Å². The van der Waals surface area contributed by atoms with Crippen LogP contribution in [0.5, 0.6) is 11.5 Å². The molecule has 4 aromatic rings. The standard InChI is InChI=1S/C29H33N5O2/c1-35-24-9-7-22(8-10-24)28-26-12-11-25(36-2)17-27(26)29(33-32-28)31-23-13-15-34(16-14-23)19-21-5-3-20(18-30)4-6-21/h3-12,17,23H,13-16,18-19,30H2,1-2H3,(H,31,33). The second kappa shape index (κ2) is 10.9. The van der Waals surface area contributed by atoms with Crippen LogP contribution in [0, 0.1) is 0 Å². The number of rotatable bonds is 8. The summed E-state index contributed by atoms with van der Waals surface area (Å²) >= 11 is 0. The lowest BCUT2D eigenvalue weighted by molar-refractivity contribution is 0.211. The summed E-state index contributed by atoms with van der Waals surface area (Å²) in [7, 11) is 3.35. The zero-order valence-corrected chi connectivity index (χ0v) is 20.9. The van der Waals surface area contributed by atoms with Crippen molar-refractivity contribution >= 4 is 16.6 Å². The smallest absolute Gasteiger partial charge is 0.156 e. The average Bonchev–Trinajstić information content (AvgIpc) is 2.94. The summed E-state index contributed by atoms with van der Waals surface area (Å²) in [6.07, 6.45) is 2.10. The van der Waals surface area contributed by atoms with Crippen LogP contribution < -0.4 is 20.5 Å². The summed E-state index contributed by atoms with van der Waals surface area (Å²) in [5, 5.41) is 15.0. The molecule has 0 atom stereocenters. The molecule has 1 saturated heterocycles. The molecule has 1 aliphatic rings. The highest BCUT2D eigenvalue weighted by Crippen LogP contribution is 2.34. The topological polar surface area (TPSA) is 85.5 Å². The lowest BCUT2D eigenvalue weighted by atomic mass is 10.0. The van der Waals surface area contributed by atoms with Crippen LogP contribution >= 0.6 is 0 Å². The van der Waals surface area contributed by atoms with Crippen LogP contribution in [-0.4, -0.2) is 48.4 Å². The Kier molecular flexibility index (Phi) is 7.30. The summed E-state index contributed by atoms with van der Waals surface area (Å²) in [6.45, 7) is 3.62. The molecule has 7 heteroatoms. The van der Waals surface area contributed by atoms with Crippen molar-refractivity contribution in [2.75, 3.05) is 32.6 Å². The monoisotopic (exact) mass is 483 g/mol. The molecule has 5 rings (SSSR count). The van der Waals surface area contributed by atoms with Crippen LogP contribution in [0.3, 0.4) is 0 Å². The Balaban J connectivity index is 1.32. The maximum atomic E-state index is 5.72. The van der Waals surface area contributed by atoms with Gasteiger partial charge in [-0.25, -0.2) is 0 Å². The van der Waals surface area contributed by atoms with E-state index in [9.17, 15) is 0 Å². The number of methoxy groups -OCH3 is 2. The molecule has 0 radical (unpaired) electrons. The maximum absolute atomic E-state index is 5.72. The van der Waals surface area contributed by atoms with E-state index < -0.39 is 0 Å². The molecule has 0 spiro atoms. The molecular weight excluding hydrogens is 450 g/mol. The largest absolute Gasteiger partial charge is 0.497 e. The highest BCUT2D eigenvalue weighted by atomic mass is 16.5. The molecule has 186 valence electrons. The molecule has 0 amide bonds. The van der Waals surface area contributed by atoms with E-state index in [-0.39, 0.29) is 0 Å². The molecule has 1 aliphatic heterocycles. The van der Waals surface area contributed by atoms with E-state index >= 15 is 0 Å². The average molecular weight is 484 g/mol. The minimum Gasteiger partial charge on any atom is -0.497 e. The third-order valence-electron chi connectivity index (χ3n) is 6.94. The van der Waals surface area contributed by atoms with E-state index in [4.69, 9.17) is 15.2 Å². The molecule has 3 N–H and O–H groups in total. The second-order valence-electron chi connectivity index (χ2n) is 9.25. The van der Waals surface area contributed by atoms with Crippen LogP contribution in [0.15, 0.2) is 66.7 Å². The fourth-order valence-corrected chi connectivity index (χ4v) is 4.80. The number of hydrogen-bond donors (Lipinski definition) is 2. The van der Waals surface area contributed by atoms with Crippen LogP contribution in [0.2, 0.25) is 0 Å². The molecule has 1 aromatic heterocycles.